The van der Waals surface area contributed by atoms with Gasteiger partial charge in [0.2, 0.25) is 23.5 Å². The molecule has 0 saturated carbocycles. The van der Waals surface area contributed by atoms with E-state index >= 15 is 0 Å². The highest BCUT2D eigenvalue weighted by Crippen LogP contribution is 2.37. The van der Waals surface area contributed by atoms with Gasteiger partial charge < -0.3 is 44.2 Å². The minimum Gasteiger partial charge on any atom is -0.495 e. The first-order valence-electron chi connectivity index (χ1n) is 18.6. The Morgan fingerprint density at radius 3 is 2.24 bits per heavy atom. The molecule has 0 radical (unpaired) electrons. The van der Waals surface area contributed by atoms with Crippen molar-refractivity contribution in [1.82, 2.24) is 39.4 Å². The quantitative estimate of drug-likeness (QED) is 0.0762. The average molecular weight is 790 g/mol. The van der Waals surface area contributed by atoms with Crippen molar-refractivity contribution in [2.24, 2.45) is 11.5 Å². The third-order valence-corrected chi connectivity index (χ3v) is 9.50. The highest BCUT2D eigenvalue weighted by molar-refractivity contribution is 6.12. The van der Waals surface area contributed by atoms with Crippen molar-refractivity contribution in [2.45, 2.75) is 53.6 Å². The molecule has 0 spiro atoms. The van der Waals surface area contributed by atoms with Crippen molar-refractivity contribution in [2.75, 3.05) is 32.6 Å². The van der Waals surface area contributed by atoms with Gasteiger partial charge in [0.1, 0.15) is 22.7 Å². The number of allylic oxidation sites excluding steroid dienone is 2. The van der Waals surface area contributed by atoms with Gasteiger partial charge in [-0.15, -0.1) is 0 Å². The zero-order chi connectivity index (χ0) is 41.2. The summed E-state index contributed by atoms with van der Waals surface area (Å²) in [6, 6.07) is 6.42. The summed E-state index contributed by atoms with van der Waals surface area (Å²) in [7, 11) is 3.36. The van der Waals surface area contributed by atoms with E-state index in [9.17, 15) is 14.4 Å². The number of carbonyl (C=O) groups is 3. The van der Waals surface area contributed by atoms with Crippen LogP contribution in [0.2, 0.25) is 0 Å². The molecule has 0 bridgehead atoms. The predicted molar refractivity (Wildman–Crippen MR) is 215 cm³/mol. The number of carbonyl (C=O) groups excluding carboxylic acids is 3. The Labute approximate surface area is 331 Å². The molecule has 7 rings (SSSR count). The molecule has 58 heavy (non-hydrogen) atoms. The van der Waals surface area contributed by atoms with E-state index in [2.05, 4.69) is 25.6 Å². The molecule has 18 heteroatoms. The zero-order valence-electron chi connectivity index (χ0n) is 32.9. The number of nitrogens with one attached hydrogen (secondary N) is 2. The molecule has 5 aromatic heterocycles. The van der Waals surface area contributed by atoms with Crippen LogP contribution >= 0.6 is 0 Å². The first-order chi connectivity index (χ1) is 27.9. The van der Waals surface area contributed by atoms with Gasteiger partial charge in [-0.1, -0.05) is 19.1 Å². The van der Waals surface area contributed by atoms with Crippen LogP contribution in [0.4, 0.5) is 5.95 Å². The SMILES string of the molecule is CCc1nc(C)oc1C(=O)Nc1nc2cc(C(N)=O)cc(OCCCNC)c2n1C/C=C/Cn1c2nc(-c3oc(C)nc3C)ncc2c2cc(C(N)=O)cc(OC)c21. The number of aromatic nitrogens is 7. The number of benzene rings is 2. The van der Waals surface area contributed by atoms with Crippen molar-refractivity contribution in [3.05, 3.63) is 82.7 Å². The largest absolute Gasteiger partial charge is 0.495 e. The Kier molecular flexibility index (Phi) is 10.9. The molecule has 0 unspecified atom stereocenters. The monoisotopic (exact) mass is 789 g/mol. The average Bonchev–Trinajstić information content (AvgIpc) is 3.95. The summed E-state index contributed by atoms with van der Waals surface area (Å²) in [6.45, 7) is 8.64. The number of aryl methyl sites for hydroxylation is 4. The topological polar surface area (TPSA) is 246 Å². The fourth-order valence-electron chi connectivity index (χ4n) is 6.88. The molecule has 0 atom stereocenters. The minimum absolute atomic E-state index is 0.0763. The maximum absolute atomic E-state index is 13.7. The maximum Gasteiger partial charge on any atom is 0.295 e. The first-order valence-corrected chi connectivity index (χ1v) is 18.6. The predicted octanol–water partition coefficient (Wildman–Crippen LogP) is 4.77. The molecule has 0 saturated heterocycles. The Morgan fingerprint density at radius 2 is 1.57 bits per heavy atom. The molecule has 0 aliphatic heterocycles. The van der Waals surface area contributed by atoms with E-state index in [-0.39, 0.29) is 35.9 Å². The van der Waals surface area contributed by atoms with Crippen LogP contribution in [0.5, 0.6) is 11.5 Å². The second-order valence-electron chi connectivity index (χ2n) is 13.5. The highest BCUT2D eigenvalue weighted by Gasteiger charge is 2.24. The Morgan fingerprint density at radius 1 is 0.862 bits per heavy atom. The lowest BCUT2D eigenvalue weighted by Crippen LogP contribution is -2.17. The van der Waals surface area contributed by atoms with Gasteiger partial charge in [0, 0.05) is 55.0 Å². The summed E-state index contributed by atoms with van der Waals surface area (Å²) >= 11 is 0. The van der Waals surface area contributed by atoms with E-state index in [1.807, 2.05) is 37.6 Å². The van der Waals surface area contributed by atoms with Crippen LogP contribution < -0.4 is 31.6 Å². The summed E-state index contributed by atoms with van der Waals surface area (Å²) in [5.41, 5.74) is 15.2. The molecule has 0 fully saturated rings. The van der Waals surface area contributed by atoms with Gasteiger partial charge in [-0.2, -0.15) is 0 Å². The number of hydrogen-bond donors (Lipinski definition) is 4. The number of nitrogens with zero attached hydrogens (tertiary/aromatic N) is 7. The van der Waals surface area contributed by atoms with Gasteiger partial charge in [0.25, 0.3) is 5.91 Å². The number of imidazole rings is 1. The molecule has 0 aliphatic rings. The molecule has 3 amide bonds. The van der Waals surface area contributed by atoms with Gasteiger partial charge in [-0.3, -0.25) is 19.7 Å². The second-order valence-corrected chi connectivity index (χ2v) is 13.5. The summed E-state index contributed by atoms with van der Waals surface area (Å²) in [6.07, 6.45) is 6.66. The number of fused-ring (bicyclic) bond motifs is 4. The number of hydrogen-bond acceptors (Lipinski definition) is 13. The molecule has 6 N–H and O–H groups in total. The van der Waals surface area contributed by atoms with Crippen LogP contribution in [-0.4, -0.2) is 79.1 Å². The Hall–Kier alpha value is -7.08. The number of methoxy groups -OCH3 is 1. The Bertz CT molecular complexity index is 2760. The van der Waals surface area contributed by atoms with Crippen molar-refractivity contribution in [3.63, 3.8) is 0 Å². The number of oxazole rings is 2. The standard InChI is InChI=1S/C40H43N11O7/c1-7-27-34(58-22(4)46-27)39(54)49-40-47-28-16-24(36(42)53)18-30(56-14-10-11-43-5)32(28)51(40)13-9-8-12-50-31-25(15-23(35(41)52)17-29(31)55-6)26-19-44-37(48-38(26)50)33-20(2)45-21(3)57-33/h8-9,15-19,43H,7,10-14H2,1-6H3,(H2,41,52)(H2,42,53)(H,47,49,54)/b9-8+. The zero-order valence-corrected chi connectivity index (χ0v) is 32.9. The molecular formula is C40H43N11O7. The number of nitrogens with two attached hydrogens (primary N) is 2. The molecule has 0 aliphatic carbocycles. The van der Waals surface area contributed by atoms with E-state index in [0.29, 0.717) is 105 Å². The van der Waals surface area contributed by atoms with Crippen LogP contribution in [0.25, 0.3) is 44.6 Å². The van der Waals surface area contributed by atoms with E-state index in [4.69, 9.17) is 39.7 Å². The lowest BCUT2D eigenvalue weighted by molar-refractivity contribution is 0.0987. The highest BCUT2D eigenvalue weighted by atomic mass is 16.5. The normalized spacial score (nSPS) is 11.7. The van der Waals surface area contributed by atoms with E-state index in [0.717, 1.165) is 0 Å². The van der Waals surface area contributed by atoms with Crippen LogP contribution in [-0.2, 0) is 19.5 Å². The Balaban J connectivity index is 1.33. The number of primary amides is 2. The third-order valence-electron chi connectivity index (χ3n) is 9.50. The molecule has 7 aromatic rings. The molecule has 2 aromatic carbocycles. The number of ether oxygens (including phenoxy) is 2. The van der Waals surface area contributed by atoms with Gasteiger partial charge >= 0.3 is 0 Å². The molecule has 300 valence electrons. The smallest absolute Gasteiger partial charge is 0.295 e. The fraction of sp³-hybridized carbons (Fsp3) is 0.300. The van der Waals surface area contributed by atoms with Gasteiger partial charge in [0.05, 0.1) is 36.1 Å². The summed E-state index contributed by atoms with van der Waals surface area (Å²) < 4.78 is 27.2. The van der Waals surface area contributed by atoms with Gasteiger partial charge in [-0.05, 0) is 57.6 Å². The summed E-state index contributed by atoms with van der Waals surface area (Å²) in [4.78, 5) is 61.4. The lowest BCUT2D eigenvalue weighted by atomic mass is 10.1. The summed E-state index contributed by atoms with van der Waals surface area (Å²) in [5, 5.41) is 7.31. The third kappa shape index (κ3) is 7.43. The van der Waals surface area contributed by atoms with Crippen LogP contribution in [0.15, 0.2) is 51.4 Å². The van der Waals surface area contributed by atoms with E-state index in [1.165, 1.54) is 7.11 Å². The number of amides is 3. The van der Waals surface area contributed by atoms with Crippen LogP contribution in [0.3, 0.4) is 0 Å². The van der Waals surface area contributed by atoms with Gasteiger partial charge in [0.15, 0.2) is 23.4 Å². The van der Waals surface area contributed by atoms with Gasteiger partial charge in [-0.25, -0.2) is 24.9 Å². The van der Waals surface area contributed by atoms with E-state index in [1.54, 1.807) is 48.9 Å². The fourth-order valence-corrected chi connectivity index (χ4v) is 6.88. The first kappa shape index (κ1) is 39.2. The second kappa shape index (κ2) is 16.2. The van der Waals surface area contributed by atoms with E-state index < -0.39 is 17.7 Å². The van der Waals surface area contributed by atoms with Crippen molar-refractivity contribution in [3.8, 4) is 23.1 Å². The van der Waals surface area contributed by atoms with Crippen LogP contribution in [0.1, 0.15) is 67.8 Å². The lowest BCUT2D eigenvalue weighted by Gasteiger charge is -2.13. The number of rotatable bonds is 16. The van der Waals surface area contributed by atoms with Crippen LogP contribution in [0, 0.1) is 20.8 Å². The minimum atomic E-state index is -0.656. The number of anilines is 1. The molecular weight excluding hydrogens is 747 g/mol. The summed E-state index contributed by atoms with van der Waals surface area (Å²) in [5.74, 6) is 0.844. The van der Waals surface area contributed by atoms with Crippen molar-refractivity contribution < 1.29 is 32.7 Å². The molecule has 18 nitrogen and oxygen atoms in total. The maximum atomic E-state index is 13.7. The molecule has 5 heterocycles. The van der Waals surface area contributed by atoms with Crippen molar-refractivity contribution in [1.29, 1.82) is 0 Å². The van der Waals surface area contributed by atoms with Crippen molar-refractivity contribution >= 4 is 56.6 Å².